The molecule has 0 radical (unpaired) electrons. The zero-order valence-electron chi connectivity index (χ0n) is 22.7. The Morgan fingerprint density at radius 2 is 1.66 bits per heavy atom. The smallest absolute Gasteiger partial charge is 0.433 e. The monoisotopic (exact) mass is 619 g/mol. The molecular formula is C28H31Cl2F4N3O4. The van der Waals surface area contributed by atoms with E-state index in [9.17, 15) is 32.7 Å². The first-order chi connectivity index (χ1) is 19.0. The number of Topliss-reactive ketones (excluding diaryl/α,β-unsaturated/α-hetero) is 1. The molecule has 0 aliphatic heterocycles. The van der Waals surface area contributed by atoms with E-state index >= 15 is 4.39 Å². The molecule has 1 N–H and O–H groups in total. The fraction of sp³-hybridized carbons (Fsp3) is 0.571. The fourth-order valence-electron chi connectivity index (χ4n) is 5.87. The number of hydrogen-bond acceptors (Lipinski definition) is 4. The summed E-state index contributed by atoms with van der Waals surface area (Å²) in [5.74, 6) is -2.95. The largest absolute Gasteiger partial charge is 0.481 e. The van der Waals surface area contributed by atoms with E-state index in [-0.39, 0.29) is 54.1 Å². The quantitative estimate of drug-likeness (QED) is 0.247. The molecule has 1 aromatic heterocycles. The summed E-state index contributed by atoms with van der Waals surface area (Å²) >= 11 is 12.5. The van der Waals surface area contributed by atoms with E-state index in [0.29, 0.717) is 18.4 Å². The number of aryl methyl sites for hydroxylation is 1. The van der Waals surface area contributed by atoms with Crippen LogP contribution in [-0.2, 0) is 11.0 Å². The zero-order chi connectivity index (χ0) is 30.3. The van der Waals surface area contributed by atoms with Crippen molar-refractivity contribution in [2.75, 3.05) is 13.1 Å². The van der Waals surface area contributed by atoms with Crippen molar-refractivity contribution in [3.05, 3.63) is 50.8 Å². The number of hydrogen-bond donors (Lipinski definition) is 1. The first kappa shape index (κ1) is 31.3. The van der Waals surface area contributed by atoms with E-state index in [1.165, 1.54) is 12.1 Å². The van der Waals surface area contributed by atoms with Gasteiger partial charge in [-0.2, -0.15) is 18.3 Å². The second-order valence-electron chi connectivity index (χ2n) is 11.5. The van der Waals surface area contributed by atoms with Crippen LogP contribution < -0.4 is 0 Å². The molecule has 7 nitrogen and oxygen atoms in total. The highest BCUT2D eigenvalue weighted by molar-refractivity contribution is 6.40. The van der Waals surface area contributed by atoms with Crippen LogP contribution in [0.3, 0.4) is 0 Å². The summed E-state index contributed by atoms with van der Waals surface area (Å²) in [6.45, 7) is 1.93. The van der Waals surface area contributed by atoms with Crippen molar-refractivity contribution in [3.63, 3.8) is 0 Å². The Hall–Kier alpha value is -2.66. The maximum Gasteiger partial charge on any atom is 0.433 e. The molecule has 0 unspecified atom stereocenters. The van der Waals surface area contributed by atoms with Crippen LogP contribution in [0.5, 0.6) is 0 Å². The maximum atomic E-state index is 15.6. The molecule has 2 fully saturated rings. The number of benzene rings is 1. The number of amides is 1. The van der Waals surface area contributed by atoms with Gasteiger partial charge in [-0.1, -0.05) is 36.0 Å². The number of carbonyl (C=O) groups is 3. The third-order valence-corrected chi connectivity index (χ3v) is 8.87. The van der Waals surface area contributed by atoms with Crippen LogP contribution in [-0.4, -0.2) is 56.2 Å². The van der Waals surface area contributed by atoms with Gasteiger partial charge in [-0.05, 0) is 70.1 Å². The minimum atomic E-state index is -5.00. The Bertz CT molecular complexity index is 1320. The normalized spacial score (nSPS) is 22.5. The third-order valence-electron chi connectivity index (χ3n) is 8.28. The molecule has 0 bridgehead atoms. The maximum absolute atomic E-state index is 15.6. The lowest BCUT2D eigenvalue weighted by molar-refractivity contribution is -0.152. The van der Waals surface area contributed by atoms with Crippen molar-refractivity contribution in [2.45, 2.75) is 83.1 Å². The number of rotatable bonds is 8. The Morgan fingerprint density at radius 3 is 2.17 bits per heavy atom. The van der Waals surface area contributed by atoms with Gasteiger partial charge in [0.25, 0.3) is 5.91 Å². The average Bonchev–Trinajstić information content (AvgIpc) is 3.50. The molecule has 4 rings (SSSR count). The van der Waals surface area contributed by atoms with Crippen molar-refractivity contribution < 1.29 is 37.1 Å². The van der Waals surface area contributed by atoms with Gasteiger partial charge in [-0.3, -0.25) is 19.1 Å². The van der Waals surface area contributed by atoms with Gasteiger partial charge in [-0.15, -0.1) is 0 Å². The molecule has 2 saturated carbocycles. The van der Waals surface area contributed by atoms with Crippen LogP contribution in [0.15, 0.2) is 18.3 Å². The van der Waals surface area contributed by atoms with E-state index in [4.69, 9.17) is 23.2 Å². The molecular weight excluding hydrogens is 589 g/mol. The molecule has 0 atom stereocenters. The predicted molar refractivity (Wildman–Crippen MR) is 144 cm³/mol. The fourth-order valence-corrected chi connectivity index (χ4v) is 6.68. The molecule has 1 heterocycles. The Labute approximate surface area is 244 Å². The van der Waals surface area contributed by atoms with Gasteiger partial charge in [-0.25, -0.2) is 4.39 Å². The molecule has 1 aromatic carbocycles. The summed E-state index contributed by atoms with van der Waals surface area (Å²) in [6, 6.07) is 2.19. The van der Waals surface area contributed by atoms with Crippen LogP contribution in [0.25, 0.3) is 0 Å². The lowest BCUT2D eigenvalue weighted by atomic mass is 9.74. The zero-order valence-corrected chi connectivity index (χ0v) is 24.2. The number of alkyl halides is 4. The summed E-state index contributed by atoms with van der Waals surface area (Å²) < 4.78 is 59.7. The van der Waals surface area contributed by atoms with E-state index in [1.54, 1.807) is 13.8 Å². The summed E-state index contributed by atoms with van der Waals surface area (Å²) in [7, 11) is 0. The Morgan fingerprint density at radius 1 is 1.10 bits per heavy atom. The highest BCUT2D eigenvalue weighted by Crippen LogP contribution is 2.44. The van der Waals surface area contributed by atoms with Crippen LogP contribution in [0.2, 0.25) is 10.0 Å². The number of carbonyl (C=O) groups excluding carboxylic acids is 2. The van der Waals surface area contributed by atoms with Gasteiger partial charge < -0.3 is 10.0 Å². The molecule has 224 valence electrons. The lowest BCUT2D eigenvalue weighted by Gasteiger charge is -2.34. The predicted octanol–water partition coefficient (Wildman–Crippen LogP) is 7.33. The number of carboxylic acid groups (broad SMARTS) is 1. The number of aliphatic carboxylic acids is 1. The highest BCUT2D eigenvalue weighted by atomic mass is 35.5. The van der Waals surface area contributed by atoms with Gasteiger partial charge in [0.1, 0.15) is 5.67 Å². The topological polar surface area (TPSA) is 92.5 Å². The van der Waals surface area contributed by atoms with Gasteiger partial charge in [0, 0.05) is 0 Å². The van der Waals surface area contributed by atoms with E-state index in [1.807, 2.05) is 0 Å². The number of halogens is 6. The number of aromatic nitrogens is 2. The van der Waals surface area contributed by atoms with E-state index < -0.39 is 65.3 Å². The van der Waals surface area contributed by atoms with Crippen LogP contribution in [0.1, 0.15) is 96.3 Å². The highest BCUT2D eigenvalue weighted by Gasteiger charge is 2.46. The van der Waals surface area contributed by atoms with Crippen molar-refractivity contribution in [1.29, 1.82) is 0 Å². The lowest BCUT2D eigenvalue weighted by Crippen LogP contribution is -2.45. The molecule has 2 aromatic rings. The Balaban J connectivity index is 1.69. The average molecular weight is 620 g/mol. The standard InChI is InChI=1S/C28H31Cl2F4N3O4/c1-16-11-19(29)22(20(30)12-16)21(38)14-36(15-27(31)7-3-4-8-27)24(39)18-13-35-37(23(18)28(32,33)34)17-5-9-26(2,10-6-17)25(40)41/h11-13,17H,3-10,14-15H2,1-2H3,(H,40,41)/t17-,26-. The summed E-state index contributed by atoms with van der Waals surface area (Å²) in [6.07, 6.45) is -2.42. The molecule has 1 amide bonds. The number of nitrogens with zero attached hydrogens (tertiary/aromatic N) is 3. The molecule has 41 heavy (non-hydrogen) atoms. The Kier molecular flexibility index (Phi) is 8.81. The van der Waals surface area contributed by atoms with Crippen LogP contribution >= 0.6 is 23.2 Å². The van der Waals surface area contributed by atoms with Gasteiger partial charge in [0.05, 0.1) is 51.9 Å². The number of ketones is 1. The summed E-state index contributed by atoms with van der Waals surface area (Å²) in [5.41, 5.74) is -4.48. The molecule has 2 aliphatic carbocycles. The van der Waals surface area contributed by atoms with E-state index in [0.717, 1.165) is 15.8 Å². The van der Waals surface area contributed by atoms with Crippen LogP contribution in [0.4, 0.5) is 17.6 Å². The van der Waals surface area contributed by atoms with E-state index in [2.05, 4.69) is 5.10 Å². The van der Waals surface area contributed by atoms with Gasteiger partial charge >= 0.3 is 12.1 Å². The second kappa shape index (κ2) is 11.6. The van der Waals surface area contributed by atoms with Crippen molar-refractivity contribution in [2.24, 2.45) is 5.41 Å². The number of carboxylic acids is 1. The van der Waals surface area contributed by atoms with Crippen LogP contribution in [0, 0.1) is 12.3 Å². The minimum absolute atomic E-state index is 0.0117. The first-order valence-corrected chi connectivity index (χ1v) is 14.2. The third kappa shape index (κ3) is 6.56. The second-order valence-corrected chi connectivity index (χ2v) is 12.3. The van der Waals surface area contributed by atoms with Crippen molar-refractivity contribution >= 4 is 40.9 Å². The molecule has 0 spiro atoms. The summed E-state index contributed by atoms with van der Waals surface area (Å²) in [4.78, 5) is 39.4. The SMILES string of the molecule is Cc1cc(Cl)c(C(=O)CN(CC2(F)CCCC2)C(=O)c2cnn([C@H]3CC[C@](C)(C(=O)O)CC3)c2C(F)(F)F)c(Cl)c1. The molecule has 2 aliphatic rings. The van der Waals surface area contributed by atoms with Gasteiger partial charge in [0.2, 0.25) is 0 Å². The minimum Gasteiger partial charge on any atom is -0.481 e. The van der Waals surface area contributed by atoms with Crippen molar-refractivity contribution in [1.82, 2.24) is 14.7 Å². The first-order valence-electron chi connectivity index (χ1n) is 13.4. The molecule has 13 heteroatoms. The van der Waals surface area contributed by atoms with Crippen molar-refractivity contribution in [3.8, 4) is 0 Å². The molecule has 0 saturated heterocycles. The summed E-state index contributed by atoms with van der Waals surface area (Å²) in [5, 5.41) is 13.4. The van der Waals surface area contributed by atoms with Gasteiger partial charge in [0.15, 0.2) is 11.5 Å².